The summed E-state index contributed by atoms with van der Waals surface area (Å²) < 4.78 is 1.06. The summed E-state index contributed by atoms with van der Waals surface area (Å²) in [7, 11) is 0. The average Bonchev–Trinajstić information content (AvgIpc) is 2.59. The predicted molar refractivity (Wildman–Crippen MR) is 76.5 cm³/mol. The lowest BCUT2D eigenvalue weighted by atomic mass is 10.1. The van der Waals surface area contributed by atoms with Crippen LogP contribution in [0.2, 0.25) is 0 Å². The van der Waals surface area contributed by atoms with Crippen LogP contribution in [0, 0.1) is 0 Å². The lowest BCUT2D eigenvalue weighted by molar-refractivity contribution is 0.743. The Labute approximate surface area is 115 Å². The summed E-state index contributed by atoms with van der Waals surface area (Å²) in [6.45, 7) is 0.461. The van der Waals surface area contributed by atoms with Gasteiger partial charge in [-0.25, -0.2) is 0 Å². The first-order chi connectivity index (χ1) is 6.72. The third-order valence-electron chi connectivity index (χ3n) is 2.33. The summed E-state index contributed by atoms with van der Waals surface area (Å²) in [5, 5.41) is 1.14. The second kappa shape index (κ2) is 6.47. The predicted octanol–water partition coefficient (Wildman–Crippen LogP) is 2.73. The normalized spacial score (nSPS) is 11.7. The standard InChI is InChI=1S/C10H12BrN3.2ClH/c11-6-1-2-7-8(9(13)4-12)5-14-10(7)3-6;;/h1-3,5,9,14H,4,12-13H2;2*1H. The monoisotopic (exact) mass is 325 g/mol. The molecule has 16 heavy (non-hydrogen) atoms. The van der Waals surface area contributed by atoms with Gasteiger partial charge in [-0.05, 0) is 17.7 Å². The lowest BCUT2D eigenvalue weighted by Crippen LogP contribution is -2.20. The molecule has 5 N–H and O–H groups in total. The van der Waals surface area contributed by atoms with Gasteiger partial charge in [-0.2, -0.15) is 0 Å². The SMILES string of the molecule is Cl.Cl.NCC(N)c1c[nH]c2cc(Br)ccc12. The van der Waals surface area contributed by atoms with E-state index in [2.05, 4.69) is 20.9 Å². The summed E-state index contributed by atoms with van der Waals surface area (Å²) in [5.74, 6) is 0. The van der Waals surface area contributed by atoms with Crippen LogP contribution in [0.25, 0.3) is 10.9 Å². The number of fused-ring (bicyclic) bond motifs is 1. The highest BCUT2D eigenvalue weighted by molar-refractivity contribution is 9.10. The van der Waals surface area contributed by atoms with Gasteiger partial charge < -0.3 is 16.5 Å². The Bertz CT molecular complexity index is 458. The third kappa shape index (κ3) is 2.90. The molecule has 0 spiro atoms. The van der Waals surface area contributed by atoms with Crippen molar-refractivity contribution in [2.75, 3.05) is 6.54 Å². The topological polar surface area (TPSA) is 67.8 Å². The molecule has 0 fully saturated rings. The molecule has 2 rings (SSSR count). The van der Waals surface area contributed by atoms with E-state index in [1.54, 1.807) is 0 Å². The Morgan fingerprint density at radius 3 is 2.62 bits per heavy atom. The van der Waals surface area contributed by atoms with E-state index < -0.39 is 0 Å². The first kappa shape index (κ1) is 15.7. The summed E-state index contributed by atoms with van der Waals surface area (Å²) in [5.41, 5.74) is 13.6. The average molecular weight is 327 g/mol. The highest BCUT2D eigenvalue weighted by Gasteiger charge is 2.09. The first-order valence-corrected chi connectivity index (χ1v) is 5.24. The van der Waals surface area contributed by atoms with Gasteiger partial charge in [-0.1, -0.05) is 22.0 Å². The molecule has 0 aliphatic rings. The number of H-pyrrole nitrogens is 1. The minimum absolute atomic E-state index is 0. The van der Waals surface area contributed by atoms with Crippen molar-refractivity contribution < 1.29 is 0 Å². The molecule has 1 aromatic heterocycles. The van der Waals surface area contributed by atoms with Crippen molar-refractivity contribution in [1.82, 2.24) is 4.98 Å². The molecule has 0 aliphatic heterocycles. The molecule has 0 bridgehead atoms. The molecule has 0 radical (unpaired) electrons. The second-order valence-electron chi connectivity index (χ2n) is 3.28. The molecule has 6 heteroatoms. The van der Waals surface area contributed by atoms with Crippen LogP contribution in [0.4, 0.5) is 0 Å². The Morgan fingerprint density at radius 2 is 2.00 bits per heavy atom. The zero-order chi connectivity index (χ0) is 10.1. The molecule has 0 saturated heterocycles. The van der Waals surface area contributed by atoms with Gasteiger partial charge in [0.05, 0.1) is 0 Å². The van der Waals surface area contributed by atoms with Crippen LogP contribution in [-0.2, 0) is 0 Å². The van der Waals surface area contributed by atoms with Gasteiger partial charge in [0.15, 0.2) is 0 Å². The summed E-state index contributed by atoms with van der Waals surface area (Å²) in [4.78, 5) is 3.18. The van der Waals surface area contributed by atoms with Gasteiger partial charge in [0, 0.05) is 34.2 Å². The Balaban J connectivity index is 0.00000112. The van der Waals surface area contributed by atoms with Gasteiger partial charge in [-0.3, -0.25) is 0 Å². The molecular formula is C10H14BrCl2N3. The first-order valence-electron chi connectivity index (χ1n) is 4.44. The van der Waals surface area contributed by atoms with Crippen LogP contribution in [0.1, 0.15) is 11.6 Å². The number of hydrogen-bond donors (Lipinski definition) is 3. The van der Waals surface area contributed by atoms with E-state index in [4.69, 9.17) is 11.5 Å². The number of nitrogens with two attached hydrogens (primary N) is 2. The molecule has 1 aromatic carbocycles. The number of aromatic nitrogens is 1. The van der Waals surface area contributed by atoms with Crippen LogP contribution >= 0.6 is 40.7 Å². The quantitative estimate of drug-likeness (QED) is 0.794. The van der Waals surface area contributed by atoms with E-state index >= 15 is 0 Å². The fraction of sp³-hybridized carbons (Fsp3) is 0.200. The minimum Gasteiger partial charge on any atom is -0.361 e. The van der Waals surface area contributed by atoms with Gasteiger partial charge >= 0.3 is 0 Å². The number of rotatable bonds is 2. The number of aromatic amines is 1. The molecule has 1 atom stereocenters. The van der Waals surface area contributed by atoms with Crippen molar-refractivity contribution in [3.8, 4) is 0 Å². The Kier molecular flexibility index (Phi) is 6.36. The zero-order valence-corrected chi connectivity index (χ0v) is 11.7. The van der Waals surface area contributed by atoms with Crippen molar-refractivity contribution in [3.05, 3.63) is 34.4 Å². The van der Waals surface area contributed by atoms with Gasteiger partial charge in [0.2, 0.25) is 0 Å². The maximum Gasteiger partial charge on any atom is 0.0468 e. The summed E-state index contributed by atoms with van der Waals surface area (Å²) in [6, 6.07) is 5.98. The summed E-state index contributed by atoms with van der Waals surface area (Å²) in [6.07, 6.45) is 1.93. The van der Waals surface area contributed by atoms with E-state index in [9.17, 15) is 0 Å². The third-order valence-corrected chi connectivity index (χ3v) is 2.82. The molecule has 0 saturated carbocycles. The van der Waals surface area contributed by atoms with Crippen LogP contribution in [0.5, 0.6) is 0 Å². The van der Waals surface area contributed by atoms with Crippen LogP contribution in [0.3, 0.4) is 0 Å². The molecule has 0 aliphatic carbocycles. The maximum absolute atomic E-state index is 5.89. The van der Waals surface area contributed by atoms with E-state index in [0.29, 0.717) is 6.54 Å². The largest absolute Gasteiger partial charge is 0.361 e. The van der Waals surface area contributed by atoms with Crippen LogP contribution in [-0.4, -0.2) is 11.5 Å². The molecule has 1 unspecified atom stereocenters. The van der Waals surface area contributed by atoms with Crippen LogP contribution < -0.4 is 11.5 Å². The highest BCUT2D eigenvalue weighted by atomic mass is 79.9. The molecule has 0 amide bonds. The van der Waals surface area contributed by atoms with Crippen molar-refractivity contribution in [2.45, 2.75) is 6.04 Å². The molecule has 1 heterocycles. The van der Waals surface area contributed by atoms with Gasteiger partial charge in [0.1, 0.15) is 0 Å². The Morgan fingerprint density at radius 1 is 1.31 bits per heavy atom. The second-order valence-corrected chi connectivity index (χ2v) is 4.19. The Hall–Kier alpha value is -0.260. The number of hydrogen-bond acceptors (Lipinski definition) is 2. The fourth-order valence-corrected chi connectivity index (χ4v) is 1.92. The van der Waals surface area contributed by atoms with Crippen molar-refractivity contribution in [3.63, 3.8) is 0 Å². The molecule has 3 nitrogen and oxygen atoms in total. The summed E-state index contributed by atoms with van der Waals surface area (Å²) >= 11 is 3.42. The van der Waals surface area contributed by atoms with E-state index in [1.165, 1.54) is 0 Å². The van der Waals surface area contributed by atoms with Gasteiger partial charge in [-0.15, -0.1) is 24.8 Å². The fourth-order valence-electron chi connectivity index (χ4n) is 1.55. The smallest absolute Gasteiger partial charge is 0.0468 e. The van der Waals surface area contributed by atoms with E-state index in [0.717, 1.165) is 20.9 Å². The minimum atomic E-state index is -0.0927. The van der Waals surface area contributed by atoms with E-state index in [1.807, 2.05) is 24.4 Å². The maximum atomic E-state index is 5.89. The van der Waals surface area contributed by atoms with Crippen molar-refractivity contribution >= 4 is 51.6 Å². The number of benzene rings is 1. The van der Waals surface area contributed by atoms with Crippen molar-refractivity contribution in [1.29, 1.82) is 0 Å². The number of nitrogens with one attached hydrogen (secondary N) is 1. The zero-order valence-electron chi connectivity index (χ0n) is 8.44. The molecule has 2 aromatic rings. The van der Waals surface area contributed by atoms with E-state index in [-0.39, 0.29) is 30.9 Å². The van der Waals surface area contributed by atoms with Crippen LogP contribution in [0.15, 0.2) is 28.9 Å². The van der Waals surface area contributed by atoms with Crippen molar-refractivity contribution in [2.24, 2.45) is 11.5 Å². The van der Waals surface area contributed by atoms with Gasteiger partial charge in [0.25, 0.3) is 0 Å². The number of halogens is 3. The highest BCUT2D eigenvalue weighted by Crippen LogP contribution is 2.25. The lowest BCUT2D eigenvalue weighted by Gasteiger charge is -2.06. The molecular weight excluding hydrogens is 313 g/mol. The molecule has 90 valence electrons.